The van der Waals surface area contributed by atoms with Gasteiger partial charge in [-0.1, -0.05) is 36.4 Å². The number of carbonyl (C=O) groups excluding carboxylic acids is 1. The molecule has 2 atom stereocenters. The average molecular weight is 460 g/mol. The second kappa shape index (κ2) is 8.36. The van der Waals surface area contributed by atoms with Gasteiger partial charge in [-0.05, 0) is 72.4 Å². The summed E-state index contributed by atoms with van der Waals surface area (Å²) in [4.78, 5) is 17.7. The number of likely N-dealkylation sites (tertiary alicyclic amines) is 1. The Bertz CT molecular complexity index is 1210. The summed E-state index contributed by atoms with van der Waals surface area (Å²) in [5.74, 6) is -0.178. The molecule has 3 heterocycles. The van der Waals surface area contributed by atoms with Crippen molar-refractivity contribution in [3.63, 3.8) is 0 Å². The van der Waals surface area contributed by atoms with Gasteiger partial charge in [-0.3, -0.25) is 9.69 Å². The number of benzene rings is 3. The van der Waals surface area contributed by atoms with Gasteiger partial charge in [-0.2, -0.15) is 0 Å². The summed E-state index contributed by atoms with van der Waals surface area (Å²) < 4.78 is 19.3. The molecule has 34 heavy (non-hydrogen) atoms. The average Bonchev–Trinajstić information content (AvgIpc) is 3.65. The Hall–Kier alpha value is -2.96. The first-order valence-corrected chi connectivity index (χ1v) is 12.2. The number of halogens is 1. The van der Waals surface area contributed by atoms with Crippen LogP contribution in [0.1, 0.15) is 24.0 Å². The van der Waals surface area contributed by atoms with E-state index in [-0.39, 0.29) is 17.8 Å². The van der Waals surface area contributed by atoms with E-state index in [2.05, 4.69) is 58.4 Å². The van der Waals surface area contributed by atoms with Gasteiger partial charge >= 0.3 is 0 Å². The Kier molecular flexibility index (Phi) is 5.30. The molecule has 0 saturated carbocycles. The molecule has 1 unspecified atom stereocenters. The number of amides is 1. The zero-order valence-corrected chi connectivity index (χ0v) is 19.5. The zero-order valence-electron chi connectivity index (χ0n) is 19.5. The standard InChI is InChI=1S/C28H30FN3O2/c1-19-4-2-5-20-6-3-7-21(26(19)20)16-24(25-17-34-25)31-14-12-28(13-15-31)27(33)30-18-32(28)23-10-8-22(29)9-11-23/h2-11,24-25H,12-18H2,1H3,(H,30,33)/t24?,25-/m1/s1. The number of aryl methyl sites for hydroxylation is 1. The van der Waals surface area contributed by atoms with Crippen LogP contribution in [0.25, 0.3) is 10.8 Å². The lowest BCUT2D eigenvalue weighted by atomic mass is 9.84. The highest BCUT2D eigenvalue weighted by Gasteiger charge is 2.52. The topological polar surface area (TPSA) is 48.1 Å². The van der Waals surface area contributed by atoms with Crippen LogP contribution in [0, 0.1) is 12.7 Å². The molecule has 5 nitrogen and oxygen atoms in total. The fraction of sp³-hybridized carbons (Fsp3) is 0.393. The number of ether oxygens (including phenoxy) is 1. The van der Waals surface area contributed by atoms with Crippen molar-refractivity contribution in [2.75, 3.05) is 31.3 Å². The molecule has 1 spiro atoms. The van der Waals surface area contributed by atoms with E-state index in [0.717, 1.165) is 44.6 Å². The SMILES string of the molecule is Cc1cccc2cccc(CC([C@H]3CO3)N3CCC4(CC3)C(=O)NCN4c3ccc(F)cc3)c12. The minimum atomic E-state index is -0.570. The van der Waals surface area contributed by atoms with E-state index in [1.807, 2.05) is 0 Å². The van der Waals surface area contributed by atoms with Crippen molar-refractivity contribution in [1.29, 1.82) is 0 Å². The van der Waals surface area contributed by atoms with Crippen molar-refractivity contribution in [3.05, 3.63) is 77.6 Å². The van der Waals surface area contributed by atoms with Gasteiger partial charge in [-0.25, -0.2) is 4.39 Å². The fourth-order valence-electron chi connectivity index (χ4n) is 6.06. The first kappa shape index (κ1) is 21.6. The molecule has 3 aliphatic heterocycles. The largest absolute Gasteiger partial charge is 0.371 e. The number of hydrogen-bond acceptors (Lipinski definition) is 4. The number of rotatable bonds is 5. The van der Waals surface area contributed by atoms with E-state index in [9.17, 15) is 9.18 Å². The molecular weight excluding hydrogens is 429 g/mol. The maximum Gasteiger partial charge on any atom is 0.247 e. The van der Waals surface area contributed by atoms with Gasteiger partial charge in [0.15, 0.2) is 0 Å². The zero-order chi connectivity index (χ0) is 23.3. The van der Waals surface area contributed by atoms with Crippen molar-refractivity contribution in [1.82, 2.24) is 10.2 Å². The molecule has 3 aliphatic rings. The second-order valence-electron chi connectivity index (χ2n) is 9.87. The van der Waals surface area contributed by atoms with E-state index >= 15 is 0 Å². The highest BCUT2D eigenvalue weighted by Crippen LogP contribution is 2.38. The van der Waals surface area contributed by atoms with Crippen molar-refractivity contribution >= 4 is 22.4 Å². The van der Waals surface area contributed by atoms with Gasteiger partial charge in [0.05, 0.1) is 19.4 Å². The molecule has 0 radical (unpaired) electrons. The summed E-state index contributed by atoms with van der Waals surface area (Å²) in [5, 5.41) is 5.67. The highest BCUT2D eigenvalue weighted by atomic mass is 19.1. The summed E-state index contributed by atoms with van der Waals surface area (Å²) >= 11 is 0. The van der Waals surface area contributed by atoms with Crippen LogP contribution in [0.2, 0.25) is 0 Å². The van der Waals surface area contributed by atoms with Crippen LogP contribution in [0.3, 0.4) is 0 Å². The molecule has 1 N–H and O–H groups in total. The number of anilines is 1. The van der Waals surface area contributed by atoms with E-state index < -0.39 is 5.54 Å². The number of nitrogens with one attached hydrogen (secondary N) is 1. The molecule has 6 heteroatoms. The molecule has 6 rings (SSSR count). The van der Waals surface area contributed by atoms with E-state index in [1.54, 1.807) is 12.1 Å². The Balaban J connectivity index is 1.24. The molecular formula is C28H30FN3O2. The number of fused-ring (bicyclic) bond motifs is 1. The smallest absolute Gasteiger partial charge is 0.247 e. The van der Waals surface area contributed by atoms with E-state index in [1.165, 1.54) is 34.0 Å². The summed E-state index contributed by atoms with van der Waals surface area (Å²) in [7, 11) is 0. The first-order valence-electron chi connectivity index (χ1n) is 12.2. The first-order chi connectivity index (χ1) is 16.5. The maximum absolute atomic E-state index is 13.5. The van der Waals surface area contributed by atoms with Gasteiger partial charge in [0.2, 0.25) is 5.91 Å². The van der Waals surface area contributed by atoms with E-state index in [4.69, 9.17) is 4.74 Å². The predicted molar refractivity (Wildman–Crippen MR) is 131 cm³/mol. The van der Waals surface area contributed by atoms with Gasteiger partial charge in [0, 0.05) is 24.8 Å². The van der Waals surface area contributed by atoms with Crippen LogP contribution in [0.4, 0.5) is 10.1 Å². The Morgan fingerprint density at radius 2 is 1.79 bits per heavy atom. The summed E-state index contributed by atoms with van der Waals surface area (Å²) in [6.45, 7) is 5.12. The van der Waals surface area contributed by atoms with Crippen LogP contribution in [0.15, 0.2) is 60.7 Å². The minimum absolute atomic E-state index is 0.0837. The van der Waals surface area contributed by atoms with Gasteiger partial charge < -0.3 is 15.0 Å². The third-order valence-corrected chi connectivity index (χ3v) is 7.99. The Labute approximate surface area is 199 Å². The molecule has 3 aromatic rings. The molecule has 3 saturated heterocycles. The van der Waals surface area contributed by atoms with E-state index in [0.29, 0.717) is 12.7 Å². The molecule has 1 amide bonds. The lowest BCUT2D eigenvalue weighted by molar-refractivity contribution is -0.125. The number of epoxide rings is 1. The molecule has 3 fully saturated rings. The van der Waals surface area contributed by atoms with Gasteiger partial charge in [0.1, 0.15) is 11.4 Å². The predicted octanol–water partition coefficient (Wildman–Crippen LogP) is 4.03. The van der Waals surface area contributed by atoms with Crippen LogP contribution < -0.4 is 10.2 Å². The van der Waals surface area contributed by atoms with Crippen molar-refractivity contribution in [2.24, 2.45) is 0 Å². The third-order valence-electron chi connectivity index (χ3n) is 7.99. The number of hydrogen-bond donors (Lipinski definition) is 1. The quantitative estimate of drug-likeness (QED) is 0.586. The van der Waals surface area contributed by atoms with Gasteiger partial charge in [0.25, 0.3) is 0 Å². The van der Waals surface area contributed by atoms with Crippen molar-refractivity contribution < 1.29 is 13.9 Å². The fourth-order valence-corrected chi connectivity index (χ4v) is 6.06. The molecule has 176 valence electrons. The molecule has 0 aromatic heterocycles. The molecule has 3 aromatic carbocycles. The van der Waals surface area contributed by atoms with Crippen LogP contribution in [-0.4, -0.2) is 54.9 Å². The number of nitrogens with zero attached hydrogens (tertiary/aromatic N) is 2. The monoisotopic (exact) mass is 459 g/mol. The number of carbonyl (C=O) groups is 1. The lowest BCUT2D eigenvalue weighted by Crippen LogP contribution is -2.58. The van der Waals surface area contributed by atoms with Crippen molar-refractivity contribution in [2.45, 2.75) is 43.9 Å². The molecule has 0 aliphatic carbocycles. The van der Waals surface area contributed by atoms with Gasteiger partial charge in [-0.15, -0.1) is 0 Å². The Morgan fingerprint density at radius 1 is 1.09 bits per heavy atom. The van der Waals surface area contributed by atoms with Crippen LogP contribution >= 0.6 is 0 Å². The summed E-state index contributed by atoms with van der Waals surface area (Å²) in [6, 6.07) is 19.8. The van der Waals surface area contributed by atoms with Crippen LogP contribution in [-0.2, 0) is 16.0 Å². The van der Waals surface area contributed by atoms with Crippen molar-refractivity contribution in [3.8, 4) is 0 Å². The summed E-state index contributed by atoms with van der Waals surface area (Å²) in [6.07, 6.45) is 2.68. The highest BCUT2D eigenvalue weighted by molar-refractivity contribution is 5.93. The Morgan fingerprint density at radius 3 is 2.50 bits per heavy atom. The number of piperidine rings is 1. The third kappa shape index (κ3) is 3.65. The summed E-state index contributed by atoms with van der Waals surface area (Å²) in [5.41, 5.74) is 2.99. The second-order valence-corrected chi connectivity index (χ2v) is 9.87. The minimum Gasteiger partial charge on any atom is -0.371 e. The molecule has 0 bridgehead atoms. The normalized spacial score (nSPS) is 22.8. The van der Waals surface area contributed by atoms with Crippen LogP contribution in [0.5, 0.6) is 0 Å². The lowest BCUT2D eigenvalue weighted by Gasteiger charge is -2.45. The maximum atomic E-state index is 13.5.